The lowest BCUT2D eigenvalue weighted by Gasteiger charge is -2.19. The molecule has 0 spiro atoms. The largest absolute Gasteiger partial charge is 0.339 e. The highest BCUT2D eigenvalue weighted by atomic mass is 16.2. The smallest absolute Gasteiger partial charge is 0.219 e. The van der Waals surface area contributed by atoms with E-state index in [0.717, 1.165) is 70.9 Å². The van der Waals surface area contributed by atoms with Gasteiger partial charge in [-0.15, -0.1) is 0 Å². The maximum atomic E-state index is 11.5. The number of nitrogens with zero attached hydrogens (tertiary/aromatic N) is 1. The zero-order chi connectivity index (χ0) is 26.6. The highest BCUT2D eigenvalue weighted by molar-refractivity contribution is 5.75. The Hall–Kier alpha value is -2.16. The van der Waals surface area contributed by atoms with Crippen LogP contribution >= 0.6 is 0 Å². The molecule has 0 aromatic carbocycles. The molecule has 0 aliphatic heterocycles. The average molecular weight is 484 g/mol. The summed E-state index contributed by atoms with van der Waals surface area (Å²) in [5, 5.41) is 0. The van der Waals surface area contributed by atoms with E-state index in [1.165, 1.54) is 27.9 Å². The lowest BCUT2D eigenvalue weighted by Crippen LogP contribution is -2.29. The number of amides is 1. The van der Waals surface area contributed by atoms with Gasteiger partial charge >= 0.3 is 0 Å². The molecule has 1 amide bonds. The fourth-order valence-electron chi connectivity index (χ4n) is 3.93. The summed E-state index contributed by atoms with van der Waals surface area (Å²) in [7, 11) is 0. The molecule has 0 saturated carbocycles. The summed E-state index contributed by atoms with van der Waals surface area (Å²) >= 11 is 0. The molecule has 0 heterocycles. The minimum atomic E-state index is 0.145. The second-order valence-electron chi connectivity index (χ2n) is 10.2. The highest BCUT2D eigenvalue weighted by Crippen LogP contribution is 2.15. The van der Waals surface area contributed by atoms with Crippen molar-refractivity contribution in [2.45, 2.75) is 120 Å². The zero-order valence-corrected chi connectivity index (χ0v) is 24.1. The molecule has 0 rings (SSSR count). The molecule has 0 radical (unpaired) electrons. The van der Waals surface area contributed by atoms with Gasteiger partial charge in [0.05, 0.1) is 0 Å². The van der Waals surface area contributed by atoms with Crippen LogP contribution in [0.15, 0.2) is 58.2 Å². The van der Waals surface area contributed by atoms with Crippen LogP contribution in [-0.2, 0) is 9.59 Å². The van der Waals surface area contributed by atoms with E-state index in [-0.39, 0.29) is 11.7 Å². The van der Waals surface area contributed by atoms with E-state index in [4.69, 9.17) is 0 Å². The first-order valence-electron chi connectivity index (χ1n) is 13.6. The fourth-order valence-corrected chi connectivity index (χ4v) is 3.93. The molecular formula is C32H53NO2. The Labute approximate surface area is 217 Å². The van der Waals surface area contributed by atoms with E-state index in [1.807, 2.05) is 11.8 Å². The zero-order valence-electron chi connectivity index (χ0n) is 24.1. The molecular weight excluding hydrogens is 430 g/mol. The van der Waals surface area contributed by atoms with Crippen LogP contribution in [-0.4, -0.2) is 29.7 Å². The predicted molar refractivity (Wildman–Crippen MR) is 154 cm³/mol. The first-order chi connectivity index (χ1) is 16.5. The normalized spacial score (nSPS) is 13.9. The van der Waals surface area contributed by atoms with Crippen LogP contribution in [0.2, 0.25) is 0 Å². The Kier molecular flexibility index (Phi) is 18.8. The number of rotatable bonds is 18. The quantitative estimate of drug-likeness (QED) is 0.182. The molecule has 35 heavy (non-hydrogen) atoms. The molecule has 0 fully saturated rings. The summed E-state index contributed by atoms with van der Waals surface area (Å²) in [6.07, 6.45) is 21.9. The summed E-state index contributed by atoms with van der Waals surface area (Å²) in [6.45, 7) is 17.8. The molecule has 0 N–H and O–H groups in total. The van der Waals surface area contributed by atoms with Gasteiger partial charge in [-0.2, -0.15) is 0 Å². The molecule has 0 unspecified atom stereocenters. The Morgan fingerprint density at radius 2 is 0.829 bits per heavy atom. The maximum Gasteiger partial charge on any atom is 0.219 e. The summed E-state index contributed by atoms with van der Waals surface area (Å²) in [5.41, 5.74) is 7.05. The third kappa shape index (κ3) is 19.8. The molecule has 0 atom stereocenters. The number of carbonyl (C=O) groups excluding carboxylic acids is 2. The van der Waals surface area contributed by atoms with Crippen molar-refractivity contribution in [2.24, 2.45) is 0 Å². The second kappa shape index (κ2) is 20.1. The molecule has 0 aromatic heterocycles. The molecule has 3 heteroatoms. The van der Waals surface area contributed by atoms with Gasteiger partial charge in [-0.1, -0.05) is 58.2 Å². The van der Waals surface area contributed by atoms with Gasteiger partial charge in [0.1, 0.15) is 5.78 Å². The predicted octanol–water partition coefficient (Wildman–Crippen LogP) is 9.08. The number of likely N-dealkylation sites (N-methyl/N-ethyl adjacent to an activating group) is 1. The van der Waals surface area contributed by atoms with E-state index in [2.05, 4.69) is 65.0 Å². The molecule has 0 aromatic rings. The van der Waals surface area contributed by atoms with Gasteiger partial charge in [0.15, 0.2) is 0 Å². The summed E-state index contributed by atoms with van der Waals surface area (Å²) in [6, 6.07) is 0. The van der Waals surface area contributed by atoms with Crippen LogP contribution in [0.5, 0.6) is 0 Å². The monoisotopic (exact) mass is 483 g/mol. The van der Waals surface area contributed by atoms with Gasteiger partial charge in [0.25, 0.3) is 0 Å². The van der Waals surface area contributed by atoms with Gasteiger partial charge in [0, 0.05) is 26.4 Å². The van der Waals surface area contributed by atoms with E-state index in [0.29, 0.717) is 6.42 Å². The second-order valence-corrected chi connectivity index (χ2v) is 10.2. The minimum Gasteiger partial charge on any atom is -0.339 e. The standard InChI is InChI=1S/C32H53NO2/c1-9-33(32(8)35)25-30(6)23-13-21-28(4)19-11-17-26(2)15-10-16-27(3)18-12-20-29(5)22-14-24-31(7)34/h15,18-19,22-23H,9-14,16-17,20-21,24-25H2,1-8H3/b26-15+,27-18+,28-19+,29-22+,30-23+. The number of hydrogen-bond donors (Lipinski definition) is 0. The highest BCUT2D eigenvalue weighted by Gasteiger charge is 2.05. The van der Waals surface area contributed by atoms with Crippen LogP contribution in [0.25, 0.3) is 0 Å². The molecule has 198 valence electrons. The molecule has 0 saturated heterocycles. The number of ketones is 1. The number of carbonyl (C=O) groups is 2. The van der Waals surface area contributed by atoms with Crippen molar-refractivity contribution < 1.29 is 9.59 Å². The van der Waals surface area contributed by atoms with Crippen molar-refractivity contribution in [3.8, 4) is 0 Å². The van der Waals surface area contributed by atoms with Gasteiger partial charge in [-0.25, -0.2) is 0 Å². The van der Waals surface area contributed by atoms with Crippen molar-refractivity contribution in [2.75, 3.05) is 13.1 Å². The molecule has 0 aliphatic carbocycles. The lowest BCUT2D eigenvalue weighted by molar-refractivity contribution is -0.128. The molecule has 0 bridgehead atoms. The first kappa shape index (κ1) is 32.8. The molecule has 0 aliphatic rings. The van der Waals surface area contributed by atoms with Crippen molar-refractivity contribution in [3.63, 3.8) is 0 Å². The Morgan fingerprint density at radius 3 is 1.11 bits per heavy atom. The Balaban J connectivity index is 4.20. The summed E-state index contributed by atoms with van der Waals surface area (Å²) in [4.78, 5) is 24.4. The summed E-state index contributed by atoms with van der Waals surface area (Å²) in [5.74, 6) is 0.413. The minimum absolute atomic E-state index is 0.145. The third-order valence-corrected chi connectivity index (χ3v) is 6.38. The van der Waals surface area contributed by atoms with E-state index in [1.54, 1.807) is 13.8 Å². The van der Waals surface area contributed by atoms with Crippen molar-refractivity contribution in [3.05, 3.63) is 58.2 Å². The van der Waals surface area contributed by atoms with Gasteiger partial charge in [0.2, 0.25) is 5.91 Å². The lowest BCUT2D eigenvalue weighted by atomic mass is 10.0. The van der Waals surface area contributed by atoms with Crippen molar-refractivity contribution >= 4 is 11.7 Å². The van der Waals surface area contributed by atoms with Crippen LogP contribution < -0.4 is 0 Å². The Bertz CT molecular complexity index is 792. The molecule has 3 nitrogen and oxygen atoms in total. The topological polar surface area (TPSA) is 37.4 Å². The van der Waals surface area contributed by atoms with Gasteiger partial charge in [-0.3, -0.25) is 4.79 Å². The van der Waals surface area contributed by atoms with Crippen LogP contribution in [0.1, 0.15) is 120 Å². The van der Waals surface area contributed by atoms with E-state index in [9.17, 15) is 9.59 Å². The van der Waals surface area contributed by atoms with E-state index >= 15 is 0 Å². The Morgan fingerprint density at radius 1 is 0.514 bits per heavy atom. The number of allylic oxidation sites excluding steroid dienone is 9. The fraction of sp³-hybridized carbons (Fsp3) is 0.625. The van der Waals surface area contributed by atoms with Crippen LogP contribution in [0, 0.1) is 0 Å². The maximum absolute atomic E-state index is 11.5. The van der Waals surface area contributed by atoms with E-state index < -0.39 is 0 Å². The third-order valence-electron chi connectivity index (χ3n) is 6.38. The van der Waals surface area contributed by atoms with Gasteiger partial charge in [-0.05, 0) is 106 Å². The summed E-state index contributed by atoms with van der Waals surface area (Å²) < 4.78 is 0. The van der Waals surface area contributed by atoms with Crippen LogP contribution in [0.4, 0.5) is 0 Å². The number of hydrogen-bond acceptors (Lipinski definition) is 2. The van der Waals surface area contributed by atoms with Crippen molar-refractivity contribution in [1.29, 1.82) is 0 Å². The first-order valence-corrected chi connectivity index (χ1v) is 13.6. The SMILES string of the molecule is CCN(C/C(C)=C/CC/C(C)=C/CC/C(C)=C/CC/C(C)=C/CC/C(C)=C/CCC(C)=O)C(C)=O. The van der Waals surface area contributed by atoms with Gasteiger partial charge < -0.3 is 9.69 Å². The van der Waals surface area contributed by atoms with Crippen molar-refractivity contribution in [1.82, 2.24) is 4.90 Å². The number of Topliss-reactive ketones (excluding diaryl/α,β-unsaturated/α-hetero) is 1. The van der Waals surface area contributed by atoms with Crippen LogP contribution in [0.3, 0.4) is 0 Å². The average Bonchev–Trinajstić information content (AvgIpc) is 2.77.